The number of nitrogens with zero attached hydrogens (tertiary/aromatic N) is 1. The molecule has 1 rings (SSSR count). The average molecular weight is 171 g/mol. The number of hydrogen-bond donors (Lipinski definition) is 3. The van der Waals surface area contributed by atoms with Crippen LogP contribution >= 0.6 is 0 Å². The normalized spacial score (nSPS) is 28.9. The minimum absolute atomic E-state index is 0.200. The van der Waals surface area contributed by atoms with Crippen LogP contribution in [-0.4, -0.2) is 48.1 Å². The summed E-state index contributed by atoms with van der Waals surface area (Å²) < 4.78 is 0. The van der Waals surface area contributed by atoms with Gasteiger partial charge in [-0.1, -0.05) is 0 Å². The fourth-order valence-corrected chi connectivity index (χ4v) is 1.40. The molecule has 1 heterocycles. The van der Waals surface area contributed by atoms with Crippen LogP contribution < -0.4 is 5.32 Å². The zero-order valence-corrected chi connectivity index (χ0v) is 7.67. The van der Waals surface area contributed by atoms with Crippen molar-refractivity contribution in [1.29, 1.82) is 5.41 Å². The molecule has 2 unspecified atom stereocenters. The van der Waals surface area contributed by atoms with Gasteiger partial charge in [0.25, 0.3) is 0 Å². The van der Waals surface area contributed by atoms with E-state index in [-0.39, 0.29) is 6.10 Å². The smallest absolute Gasteiger partial charge is 0.0923 e. The summed E-state index contributed by atoms with van der Waals surface area (Å²) in [5.41, 5.74) is 0. The van der Waals surface area contributed by atoms with E-state index in [0.717, 1.165) is 13.0 Å². The van der Waals surface area contributed by atoms with E-state index in [1.54, 1.807) is 6.92 Å². The van der Waals surface area contributed by atoms with Gasteiger partial charge >= 0.3 is 0 Å². The zero-order chi connectivity index (χ0) is 9.14. The predicted octanol–water partition coefficient (Wildman–Crippen LogP) is -0.362. The molecule has 0 aromatic carbocycles. The number of β-amino-alcohol motifs (C(OH)–C–C–N with tert-alkyl or cyclic N) is 1. The van der Waals surface area contributed by atoms with Crippen molar-refractivity contribution in [1.82, 2.24) is 10.2 Å². The molecule has 0 spiro atoms. The summed E-state index contributed by atoms with van der Waals surface area (Å²) in [7, 11) is 1.90. The first-order valence-corrected chi connectivity index (χ1v) is 4.27. The van der Waals surface area contributed by atoms with Crippen molar-refractivity contribution in [2.45, 2.75) is 25.5 Å². The van der Waals surface area contributed by atoms with E-state index < -0.39 is 0 Å². The van der Waals surface area contributed by atoms with Gasteiger partial charge in [-0.05, 0) is 13.3 Å². The zero-order valence-electron chi connectivity index (χ0n) is 7.67. The molecule has 70 valence electrons. The molecule has 12 heavy (non-hydrogen) atoms. The van der Waals surface area contributed by atoms with Gasteiger partial charge in [0, 0.05) is 26.2 Å². The molecule has 0 aromatic heterocycles. The van der Waals surface area contributed by atoms with Crippen LogP contribution in [0.2, 0.25) is 0 Å². The topological polar surface area (TPSA) is 59.4 Å². The van der Waals surface area contributed by atoms with Crippen molar-refractivity contribution >= 4 is 5.84 Å². The molecule has 1 aliphatic rings. The summed E-state index contributed by atoms with van der Waals surface area (Å²) in [6.07, 6.45) is 0.604. The molecule has 0 aliphatic carbocycles. The van der Waals surface area contributed by atoms with Gasteiger partial charge in [0.1, 0.15) is 0 Å². The van der Waals surface area contributed by atoms with Crippen LogP contribution in [0.4, 0.5) is 0 Å². The predicted molar refractivity (Wildman–Crippen MR) is 48.4 cm³/mol. The van der Waals surface area contributed by atoms with Crippen LogP contribution in [-0.2, 0) is 0 Å². The third-order valence-electron chi connectivity index (χ3n) is 2.27. The third-order valence-corrected chi connectivity index (χ3v) is 2.27. The minimum atomic E-state index is -0.200. The molecular formula is C8H17N3O. The lowest BCUT2D eigenvalue weighted by Gasteiger charge is -2.21. The summed E-state index contributed by atoms with van der Waals surface area (Å²) in [4.78, 5) is 1.88. The summed E-state index contributed by atoms with van der Waals surface area (Å²) in [5.74, 6) is 0.568. The summed E-state index contributed by atoms with van der Waals surface area (Å²) >= 11 is 0. The standard InChI is InChI=1S/C8H17N3O/c1-6(9)11(2)5-7-3-8(12)4-10-7/h7-10,12H,3-5H2,1-2H3. The van der Waals surface area contributed by atoms with Crippen LogP contribution in [0.1, 0.15) is 13.3 Å². The van der Waals surface area contributed by atoms with Crippen LogP contribution in [0, 0.1) is 5.41 Å². The van der Waals surface area contributed by atoms with E-state index in [1.165, 1.54) is 0 Å². The minimum Gasteiger partial charge on any atom is -0.392 e. The maximum atomic E-state index is 9.22. The van der Waals surface area contributed by atoms with Crippen molar-refractivity contribution < 1.29 is 5.11 Å². The van der Waals surface area contributed by atoms with Gasteiger partial charge in [-0.3, -0.25) is 5.41 Å². The largest absolute Gasteiger partial charge is 0.392 e. The van der Waals surface area contributed by atoms with Gasteiger partial charge < -0.3 is 15.3 Å². The molecule has 4 heteroatoms. The molecule has 0 saturated carbocycles. The molecule has 4 nitrogen and oxygen atoms in total. The highest BCUT2D eigenvalue weighted by Gasteiger charge is 2.22. The second-order valence-corrected chi connectivity index (χ2v) is 3.46. The van der Waals surface area contributed by atoms with E-state index in [4.69, 9.17) is 5.41 Å². The van der Waals surface area contributed by atoms with Crippen molar-refractivity contribution in [3.05, 3.63) is 0 Å². The van der Waals surface area contributed by atoms with Crippen molar-refractivity contribution in [3.63, 3.8) is 0 Å². The first kappa shape index (κ1) is 9.48. The number of aliphatic hydroxyl groups excluding tert-OH is 1. The molecule has 0 radical (unpaired) electrons. The van der Waals surface area contributed by atoms with E-state index in [9.17, 15) is 5.11 Å². The lowest BCUT2D eigenvalue weighted by atomic mass is 10.2. The van der Waals surface area contributed by atoms with E-state index in [2.05, 4.69) is 5.32 Å². The molecule has 2 atom stereocenters. The molecule has 3 N–H and O–H groups in total. The van der Waals surface area contributed by atoms with Crippen LogP contribution in [0.25, 0.3) is 0 Å². The van der Waals surface area contributed by atoms with Gasteiger partial charge in [0.2, 0.25) is 0 Å². The van der Waals surface area contributed by atoms with Crippen molar-refractivity contribution in [3.8, 4) is 0 Å². The fraction of sp³-hybridized carbons (Fsp3) is 0.875. The summed E-state index contributed by atoms with van der Waals surface area (Å²) in [6.45, 7) is 3.27. The Balaban J connectivity index is 2.27. The number of hydrogen-bond acceptors (Lipinski definition) is 3. The molecule has 0 amide bonds. The monoisotopic (exact) mass is 171 g/mol. The van der Waals surface area contributed by atoms with Gasteiger partial charge in [-0.25, -0.2) is 0 Å². The van der Waals surface area contributed by atoms with Gasteiger partial charge in [-0.15, -0.1) is 0 Å². The van der Waals surface area contributed by atoms with E-state index >= 15 is 0 Å². The molecule has 1 fully saturated rings. The van der Waals surface area contributed by atoms with Gasteiger partial charge in [0.05, 0.1) is 11.9 Å². The van der Waals surface area contributed by atoms with Gasteiger partial charge in [0.15, 0.2) is 0 Å². The second-order valence-electron chi connectivity index (χ2n) is 3.46. The van der Waals surface area contributed by atoms with Crippen molar-refractivity contribution in [2.75, 3.05) is 20.1 Å². The number of rotatable bonds is 2. The average Bonchev–Trinajstić information content (AvgIpc) is 2.35. The molecular weight excluding hydrogens is 154 g/mol. The lowest BCUT2D eigenvalue weighted by Crippen LogP contribution is -2.37. The van der Waals surface area contributed by atoms with E-state index in [0.29, 0.717) is 18.4 Å². The Labute approximate surface area is 73.1 Å². The molecule has 1 aliphatic heterocycles. The Bertz CT molecular complexity index is 172. The number of likely N-dealkylation sites (N-methyl/N-ethyl adjacent to an activating group) is 1. The summed E-state index contributed by atoms with van der Waals surface area (Å²) in [6, 6.07) is 0.338. The fourth-order valence-electron chi connectivity index (χ4n) is 1.40. The first-order chi connectivity index (χ1) is 5.59. The maximum absolute atomic E-state index is 9.22. The number of amidine groups is 1. The first-order valence-electron chi connectivity index (χ1n) is 4.27. The maximum Gasteiger partial charge on any atom is 0.0923 e. The Hall–Kier alpha value is -0.610. The van der Waals surface area contributed by atoms with E-state index in [1.807, 2.05) is 11.9 Å². The SMILES string of the molecule is CC(=N)N(C)CC1CC(O)CN1. The Morgan fingerprint density at radius 1 is 1.75 bits per heavy atom. The quantitative estimate of drug-likeness (QED) is 0.393. The third kappa shape index (κ3) is 2.46. The van der Waals surface area contributed by atoms with Crippen LogP contribution in [0.5, 0.6) is 0 Å². The molecule has 1 saturated heterocycles. The highest BCUT2D eigenvalue weighted by Crippen LogP contribution is 2.07. The Kier molecular flexibility index (Phi) is 3.05. The number of aliphatic hydroxyl groups is 1. The Morgan fingerprint density at radius 2 is 2.42 bits per heavy atom. The van der Waals surface area contributed by atoms with Crippen molar-refractivity contribution in [2.24, 2.45) is 0 Å². The highest BCUT2D eigenvalue weighted by atomic mass is 16.3. The lowest BCUT2D eigenvalue weighted by molar-refractivity contribution is 0.192. The van der Waals surface area contributed by atoms with Gasteiger partial charge in [-0.2, -0.15) is 0 Å². The molecule has 0 bridgehead atoms. The number of nitrogens with one attached hydrogen (secondary N) is 2. The van der Waals surface area contributed by atoms with Crippen LogP contribution in [0.3, 0.4) is 0 Å². The Morgan fingerprint density at radius 3 is 2.83 bits per heavy atom. The summed E-state index contributed by atoms with van der Waals surface area (Å²) in [5, 5.41) is 19.8. The second kappa shape index (κ2) is 3.87. The molecule has 0 aromatic rings. The van der Waals surface area contributed by atoms with Crippen LogP contribution in [0.15, 0.2) is 0 Å². The highest BCUT2D eigenvalue weighted by molar-refractivity contribution is 5.75.